The Morgan fingerprint density at radius 2 is 1.73 bits per heavy atom. The van der Waals surface area contributed by atoms with Gasteiger partial charge in [-0.1, -0.05) is 12.1 Å². The maximum absolute atomic E-state index is 12.7. The first kappa shape index (κ1) is 20.6. The van der Waals surface area contributed by atoms with Crippen LogP contribution in [0.3, 0.4) is 0 Å². The highest BCUT2D eigenvalue weighted by Crippen LogP contribution is 2.24. The number of aryl methyl sites for hydroxylation is 2. The van der Waals surface area contributed by atoms with E-state index in [9.17, 15) is 18.0 Å². The monoisotopic (exact) mass is 428 g/mol. The van der Waals surface area contributed by atoms with Crippen LogP contribution >= 0.6 is 0 Å². The molecule has 0 atom stereocenters. The summed E-state index contributed by atoms with van der Waals surface area (Å²) in [7, 11) is -3.57. The fourth-order valence-corrected chi connectivity index (χ4v) is 5.49. The van der Waals surface area contributed by atoms with Crippen molar-refractivity contribution in [3.8, 4) is 0 Å². The van der Waals surface area contributed by atoms with Crippen molar-refractivity contribution in [3.63, 3.8) is 0 Å². The number of nitrogens with one attached hydrogen (secondary N) is 1. The lowest BCUT2D eigenvalue weighted by atomic mass is 10.1. The molecule has 2 aromatic carbocycles. The van der Waals surface area contributed by atoms with Gasteiger partial charge in [-0.2, -0.15) is 4.31 Å². The lowest BCUT2D eigenvalue weighted by Gasteiger charge is -2.16. The van der Waals surface area contributed by atoms with E-state index < -0.39 is 28.5 Å². The molecule has 1 heterocycles. The van der Waals surface area contributed by atoms with Crippen molar-refractivity contribution < 1.29 is 22.7 Å². The molecule has 1 amide bonds. The number of rotatable bonds is 6. The largest absolute Gasteiger partial charge is 0.452 e. The number of amides is 1. The molecule has 4 rings (SSSR count). The molecule has 1 fully saturated rings. The zero-order chi connectivity index (χ0) is 21.1. The van der Waals surface area contributed by atoms with Crippen molar-refractivity contribution in [2.24, 2.45) is 0 Å². The third-order valence-corrected chi connectivity index (χ3v) is 7.38. The summed E-state index contributed by atoms with van der Waals surface area (Å²) in [5.74, 6) is -1.08. The summed E-state index contributed by atoms with van der Waals surface area (Å²) in [6.07, 6.45) is 4.77. The van der Waals surface area contributed by atoms with Crippen LogP contribution in [0, 0.1) is 0 Å². The van der Waals surface area contributed by atoms with Gasteiger partial charge in [-0.05, 0) is 73.6 Å². The molecule has 1 aliphatic heterocycles. The van der Waals surface area contributed by atoms with E-state index in [-0.39, 0.29) is 4.90 Å². The summed E-state index contributed by atoms with van der Waals surface area (Å²) >= 11 is 0. The van der Waals surface area contributed by atoms with Crippen molar-refractivity contribution in [1.29, 1.82) is 0 Å². The predicted octanol–water partition coefficient (Wildman–Crippen LogP) is 2.76. The minimum absolute atomic E-state index is 0.136. The Morgan fingerprint density at radius 3 is 2.53 bits per heavy atom. The van der Waals surface area contributed by atoms with Gasteiger partial charge in [-0.15, -0.1) is 0 Å². The number of hydrogen-bond donors (Lipinski definition) is 1. The van der Waals surface area contributed by atoms with E-state index in [4.69, 9.17) is 4.74 Å². The van der Waals surface area contributed by atoms with Crippen molar-refractivity contribution in [3.05, 3.63) is 59.2 Å². The molecule has 1 N–H and O–H groups in total. The number of ether oxygens (including phenoxy) is 1. The number of benzene rings is 2. The van der Waals surface area contributed by atoms with Gasteiger partial charge in [0.25, 0.3) is 5.91 Å². The number of hydrogen-bond acceptors (Lipinski definition) is 5. The van der Waals surface area contributed by atoms with Gasteiger partial charge in [0.2, 0.25) is 10.0 Å². The summed E-state index contributed by atoms with van der Waals surface area (Å²) in [6.45, 7) is 0.578. The molecular formula is C22H24N2O5S. The summed E-state index contributed by atoms with van der Waals surface area (Å²) in [5.41, 5.74) is 3.19. The first-order valence-corrected chi connectivity index (χ1v) is 11.6. The van der Waals surface area contributed by atoms with E-state index >= 15 is 0 Å². The van der Waals surface area contributed by atoms with E-state index in [0.717, 1.165) is 37.7 Å². The highest BCUT2D eigenvalue weighted by molar-refractivity contribution is 7.89. The first-order chi connectivity index (χ1) is 14.4. The van der Waals surface area contributed by atoms with E-state index in [1.165, 1.54) is 22.0 Å². The van der Waals surface area contributed by atoms with Crippen LogP contribution in [0.2, 0.25) is 0 Å². The second kappa shape index (κ2) is 8.57. The third kappa shape index (κ3) is 4.39. The molecule has 7 nitrogen and oxygen atoms in total. The van der Waals surface area contributed by atoms with Crippen molar-refractivity contribution in [2.75, 3.05) is 25.0 Å². The average Bonchev–Trinajstić information content (AvgIpc) is 3.43. The molecule has 0 aromatic heterocycles. The quantitative estimate of drug-likeness (QED) is 0.714. The zero-order valence-electron chi connectivity index (χ0n) is 16.6. The second-order valence-corrected chi connectivity index (χ2v) is 9.54. The Balaban J connectivity index is 1.35. The molecule has 0 spiro atoms. The van der Waals surface area contributed by atoms with E-state index in [0.29, 0.717) is 24.3 Å². The number of carbonyl (C=O) groups is 2. The molecule has 8 heteroatoms. The standard InChI is InChI=1S/C22H24N2O5S/c25-21(15-29-22(26)18-10-9-16-5-3-6-17(16)13-18)23-19-7-4-8-20(14-19)30(27,28)24-11-1-2-12-24/h4,7-10,13-14H,1-3,5-6,11-12,15H2,(H,23,25). The molecule has 2 aromatic rings. The Kier molecular flexibility index (Phi) is 5.87. The van der Waals surface area contributed by atoms with Crippen LogP contribution in [-0.4, -0.2) is 44.3 Å². The van der Waals surface area contributed by atoms with Gasteiger partial charge in [-0.25, -0.2) is 13.2 Å². The normalized spacial score (nSPS) is 16.3. The van der Waals surface area contributed by atoms with Crippen molar-refractivity contribution >= 4 is 27.6 Å². The van der Waals surface area contributed by atoms with Crippen LogP contribution in [0.15, 0.2) is 47.4 Å². The third-order valence-electron chi connectivity index (χ3n) is 5.49. The number of anilines is 1. The van der Waals surface area contributed by atoms with E-state index in [2.05, 4.69) is 5.32 Å². The Labute approximate surface area is 176 Å². The van der Waals surface area contributed by atoms with Gasteiger partial charge in [0.15, 0.2) is 6.61 Å². The Bertz CT molecular complexity index is 1070. The maximum Gasteiger partial charge on any atom is 0.338 e. The van der Waals surface area contributed by atoms with Gasteiger partial charge in [0.1, 0.15) is 0 Å². The Morgan fingerprint density at radius 1 is 0.967 bits per heavy atom. The minimum Gasteiger partial charge on any atom is -0.452 e. The minimum atomic E-state index is -3.57. The summed E-state index contributed by atoms with van der Waals surface area (Å²) in [6, 6.07) is 11.6. The van der Waals surface area contributed by atoms with E-state index in [1.807, 2.05) is 12.1 Å². The fourth-order valence-electron chi connectivity index (χ4n) is 3.92. The molecule has 0 radical (unpaired) electrons. The molecule has 0 bridgehead atoms. The van der Waals surface area contributed by atoms with Crippen LogP contribution in [0.5, 0.6) is 0 Å². The second-order valence-electron chi connectivity index (χ2n) is 7.60. The molecule has 1 aliphatic carbocycles. The Hall–Kier alpha value is -2.71. The predicted molar refractivity (Wildman–Crippen MR) is 112 cm³/mol. The van der Waals surface area contributed by atoms with Crippen LogP contribution in [0.1, 0.15) is 40.7 Å². The fraction of sp³-hybridized carbons (Fsp3) is 0.364. The summed E-state index contributed by atoms with van der Waals surface area (Å²) < 4.78 is 31.9. The molecule has 0 saturated carbocycles. The topological polar surface area (TPSA) is 92.8 Å². The van der Waals surface area contributed by atoms with Gasteiger partial charge in [0.05, 0.1) is 10.5 Å². The highest BCUT2D eigenvalue weighted by atomic mass is 32.2. The van der Waals surface area contributed by atoms with E-state index in [1.54, 1.807) is 18.2 Å². The molecule has 1 saturated heterocycles. The molecule has 30 heavy (non-hydrogen) atoms. The number of fused-ring (bicyclic) bond motifs is 1. The van der Waals surface area contributed by atoms with Crippen molar-refractivity contribution in [2.45, 2.75) is 37.0 Å². The maximum atomic E-state index is 12.7. The smallest absolute Gasteiger partial charge is 0.338 e. The van der Waals surface area contributed by atoms with Gasteiger partial charge < -0.3 is 10.1 Å². The number of sulfonamides is 1. The molecular weight excluding hydrogens is 404 g/mol. The van der Waals surface area contributed by atoms with Crippen LogP contribution in [-0.2, 0) is 32.4 Å². The van der Waals surface area contributed by atoms with Crippen LogP contribution < -0.4 is 5.32 Å². The SMILES string of the molecule is O=C(COC(=O)c1ccc2c(c1)CCC2)Nc1cccc(S(=O)(=O)N2CCCC2)c1. The zero-order valence-corrected chi connectivity index (χ0v) is 17.4. The molecule has 158 valence electrons. The summed E-state index contributed by atoms with van der Waals surface area (Å²) in [4.78, 5) is 24.6. The van der Waals surface area contributed by atoms with Gasteiger partial charge in [-0.3, -0.25) is 4.79 Å². The van der Waals surface area contributed by atoms with Gasteiger partial charge >= 0.3 is 5.97 Å². The number of esters is 1. The van der Waals surface area contributed by atoms with Crippen molar-refractivity contribution in [1.82, 2.24) is 4.31 Å². The molecule has 2 aliphatic rings. The lowest BCUT2D eigenvalue weighted by molar-refractivity contribution is -0.119. The molecule has 0 unspecified atom stereocenters. The highest BCUT2D eigenvalue weighted by Gasteiger charge is 2.27. The first-order valence-electron chi connectivity index (χ1n) is 10.1. The average molecular weight is 429 g/mol. The van der Waals surface area contributed by atoms with Gasteiger partial charge in [0, 0.05) is 18.8 Å². The van der Waals surface area contributed by atoms with Crippen LogP contribution in [0.25, 0.3) is 0 Å². The lowest BCUT2D eigenvalue weighted by Crippen LogP contribution is -2.28. The number of nitrogens with zero attached hydrogens (tertiary/aromatic N) is 1. The number of carbonyl (C=O) groups excluding carboxylic acids is 2. The van der Waals surface area contributed by atoms with Crippen LogP contribution in [0.4, 0.5) is 5.69 Å². The summed E-state index contributed by atoms with van der Waals surface area (Å²) in [5, 5.41) is 2.59.